The predicted octanol–water partition coefficient (Wildman–Crippen LogP) is 4.03. The van der Waals surface area contributed by atoms with Crippen molar-refractivity contribution in [1.29, 1.82) is 0 Å². The molecule has 13 heteroatoms. The number of aliphatic hydroxyl groups is 1. The number of aliphatic hydroxyl groups excluding tert-OH is 1. The van der Waals surface area contributed by atoms with Crippen LogP contribution >= 0.6 is 0 Å². The maximum absolute atomic E-state index is 13.5. The predicted molar refractivity (Wildman–Crippen MR) is 103 cm³/mol. The van der Waals surface area contributed by atoms with Gasteiger partial charge in [0.1, 0.15) is 0 Å². The Morgan fingerprint density at radius 3 is 2.12 bits per heavy atom. The van der Waals surface area contributed by atoms with Crippen LogP contribution in [0.3, 0.4) is 0 Å². The minimum absolute atomic E-state index is 0.0343. The fourth-order valence-electron chi connectivity index (χ4n) is 2.40. The molecule has 3 N–H and O–H groups in total. The standard InChI is InChI=1S/C20H16F7N3O3/c1-11(29-30-16(32)15(31)12-6-3-2-4-7-12)13-8-5-9-14(10-13)28-17(33)18(21,22)19(23,24)20(25,26)27/h2-10,15,31H,1H3,(H,28,33)(H,30,32)/b29-11-/t15-/m1/s1. The van der Waals surface area contributed by atoms with Crippen molar-refractivity contribution in [1.82, 2.24) is 5.43 Å². The van der Waals surface area contributed by atoms with Crippen LogP contribution in [0.25, 0.3) is 0 Å². The Hall–Kier alpha value is -3.48. The molecule has 1 atom stereocenters. The average molecular weight is 479 g/mol. The Morgan fingerprint density at radius 2 is 1.55 bits per heavy atom. The van der Waals surface area contributed by atoms with Gasteiger partial charge in [-0.1, -0.05) is 42.5 Å². The third-order valence-corrected chi connectivity index (χ3v) is 4.27. The van der Waals surface area contributed by atoms with Crippen LogP contribution in [0.4, 0.5) is 36.4 Å². The second-order valence-electron chi connectivity index (χ2n) is 6.67. The first kappa shape index (κ1) is 25.8. The van der Waals surface area contributed by atoms with Crippen LogP contribution in [0.2, 0.25) is 0 Å². The Morgan fingerprint density at radius 1 is 0.939 bits per heavy atom. The molecule has 0 fully saturated rings. The summed E-state index contributed by atoms with van der Waals surface area (Å²) in [5.74, 6) is -16.4. The SMILES string of the molecule is C/C(=N/NC(=O)[C@H](O)c1ccccc1)c1cccc(NC(=O)C(F)(F)C(F)(F)C(F)(F)F)c1. The molecule has 2 rings (SSSR count). The van der Waals surface area contributed by atoms with Crippen molar-refractivity contribution < 1.29 is 45.4 Å². The summed E-state index contributed by atoms with van der Waals surface area (Å²) in [7, 11) is 0. The molecular weight excluding hydrogens is 463 g/mol. The quantitative estimate of drug-likeness (QED) is 0.318. The van der Waals surface area contributed by atoms with Gasteiger partial charge in [-0.3, -0.25) is 9.59 Å². The summed E-state index contributed by atoms with van der Waals surface area (Å²) in [5.41, 5.74) is 1.95. The number of hydrogen-bond acceptors (Lipinski definition) is 4. The van der Waals surface area contributed by atoms with Crippen molar-refractivity contribution in [2.45, 2.75) is 31.0 Å². The van der Waals surface area contributed by atoms with E-state index < -0.39 is 41.6 Å². The summed E-state index contributed by atoms with van der Waals surface area (Å²) in [6.45, 7) is 1.34. The van der Waals surface area contributed by atoms with Gasteiger partial charge in [0.15, 0.2) is 6.10 Å². The smallest absolute Gasteiger partial charge is 0.378 e. The van der Waals surface area contributed by atoms with Crippen molar-refractivity contribution >= 4 is 23.2 Å². The van der Waals surface area contributed by atoms with Crippen LogP contribution in [0.1, 0.15) is 24.2 Å². The molecule has 178 valence electrons. The summed E-state index contributed by atoms with van der Waals surface area (Å²) in [4.78, 5) is 23.5. The zero-order valence-corrected chi connectivity index (χ0v) is 16.6. The number of hydrazone groups is 1. The molecule has 0 unspecified atom stereocenters. The monoisotopic (exact) mass is 479 g/mol. The number of anilines is 1. The van der Waals surface area contributed by atoms with Crippen molar-refractivity contribution in [3.8, 4) is 0 Å². The fraction of sp³-hybridized carbons (Fsp3) is 0.250. The zero-order valence-electron chi connectivity index (χ0n) is 16.6. The lowest BCUT2D eigenvalue weighted by Gasteiger charge is -2.27. The van der Waals surface area contributed by atoms with E-state index in [9.17, 15) is 45.4 Å². The van der Waals surface area contributed by atoms with Crippen molar-refractivity contribution in [2.24, 2.45) is 5.10 Å². The summed E-state index contributed by atoms with van der Waals surface area (Å²) < 4.78 is 89.7. The van der Waals surface area contributed by atoms with Gasteiger partial charge in [0, 0.05) is 5.69 Å². The number of carbonyl (C=O) groups is 2. The first-order chi connectivity index (χ1) is 15.2. The number of carbonyl (C=O) groups excluding carboxylic acids is 2. The van der Waals surface area contributed by atoms with Crippen molar-refractivity contribution in [2.75, 3.05) is 5.32 Å². The topological polar surface area (TPSA) is 90.8 Å². The zero-order chi connectivity index (χ0) is 25.0. The number of halogens is 7. The number of amides is 2. The number of alkyl halides is 7. The highest BCUT2D eigenvalue weighted by atomic mass is 19.4. The second-order valence-corrected chi connectivity index (χ2v) is 6.67. The van der Waals surface area contributed by atoms with Crippen LogP contribution in [0.5, 0.6) is 0 Å². The Bertz CT molecular complexity index is 1040. The molecule has 0 radical (unpaired) electrons. The number of nitrogens with one attached hydrogen (secondary N) is 2. The molecule has 6 nitrogen and oxygen atoms in total. The van der Waals surface area contributed by atoms with E-state index in [0.717, 1.165) is 12.1 Å². The lowest BCUT2D eigenvalue weighted by Crippen LogP contribution is -2.57. The average Bonchev–Trinajstić information content (AvgIpc) is 2.76. The van der Waals surface area contributed by atoms with Gasteiger partial charge in [-0.05, 0) is 30.2 Å². The molecular formula is C20H16F7N3O3. The van der Waals surface area contributed by atoms with Gasteiger partial charge in [0.05, 0.1) is 5.71 Å². The van der Waals surface area contributed by atoms with Crippen molar-refractivity contribution in [3.05, 3.63) is 65.7 Å². The first-order valence-corrected chi connectivity index (χ1v) is 9.00. The number of benzene rings is 2. The molecule has 2 aromatic rings. The Balaban J connectivity index is 2.13. The van der Waals surface area contributed by atoms with E-state index >= 15 is 0 Å². The summed E-state index contributed by atoms with van der Waals surface area (Å²) in [6.07, 6.45) is -8.20. The van der Waals surface area contributed by atoms with Crippen LogP contribution in [-0.2, 0) is 9.59 Å². The van der Waals surface area contributed by atoms with Gasteiger partial charge >= 0.3 is 23.9 Å². The Labute approximate surface area is 182 Å². The number of hydrogen-bond donors (Lipinski definition) is 3. The van der Waals surface area contributed by atoms with E-state index in [4.69, 9.17) is 0 Å². The molecule has 0 aliphatic carbocycles. The van der Waals surface area contributed by atoms with Gasteiger partial charge in [0.2, 0.25) is 0 Å². The number of rotatable bonds is 7. The molecule has 0 saturated heterocycles. The number of nitrogens with zero attached hydrogens (tertiary/aromatic N) is 1. The summed E-state index contributed by atoms with van der Waals surface area (Å²) >= 11 is 0. The third-order valence-electron chi connectivity index (χ3n) is 4.27. The fourth-order valence-corrected chi connectivity index (χ4v) is 2.40. The van der Waals surface area contributed by atoms with E-state index in [1.165, 1.54) is 36.5 Å². The molecule has 0 spiro atoms. The Kier molecular flexibility index (Phi) is 7.47. The van der Waals surface area contributed by atoms with Crippen LogP contribution in [0, 0.1) is 0 Å². The van der Waals surface area contributed by atoms with E-state index in [0.29, 0.717) is 0 Å². The first-order valence-electron chi connectivity index (χ1n) is 9.00. The minimum atomic E-state index is -6.65. The molecule has 2 aromatic carbocycles. The van der Waals surface area contributed by atoms with Crippen LogP contribution in [0.15, 0.2) is 59.7 Å². The lowest BCUT2D eigenvalue weighted by molar-refractivity contribution is -0.343. The molecule has 0 heterocycles. The third kappa shape index (κ3) is 5.66. The highest BCUT2D eigenvalue weighted by molar-refractivity contribution is 6.02. The molecule has 0 bridgehead atoms. The van der Waals surface area contributed by atoms with Gasteiger partial charge in [-0.2, -0.15) is 35.8 Å². The normalized spacial score (nSPS) is 13.9. The molecule has 0 aromatic heterocycles. The van der Waals surface area contributed by atoms with Gasteiger partial charge < -0.3 is 10.4 Å². The largest absolute Gasteiger partial charge is 0.460 e. The van der Waals surface area contributed by atoms with Gasteiger partial charge in [0.25, 0.3) is 5.91 Å². The minimum Gasteiger partial charge on any atom is -0.378 e. The maximum Gasteiger partial charge on any atom is 0.460 e. The van der Waals surface area contributed by atoms with E-state index in [-0.39, 0.29) is 16.8 Å². The molecule has 0 saturated carbocycles. The van der Waals surface area contributed by atoms with Gasteiger partial charge in [-0.15, -0.1) is 0 Å². The van der Waals surface area contributed by atoms with Crippen LogP contribution in [-0.4, -0.2) is 40.7 Å². The molecule has 2 amide bonds. The van der Waals surface area contributed by atoms with E-state index in [1.807, 2.05) is 0 Å². The second kappa shape index (κ2) is 9.57. The molecule has 33 heavy (non-hydrogen) atoms. The molecule has 0 aliphatic heterocycles. The lowest BCUT2D eigenvalue weighted by atomic mass is 10.1. The maximum atomic E-state index is 13.5. The van der Waals surface area contributed by atoms with Crippen molar-refractivity contribution in [3.63, 3.8) is 0 Å². The molecule has 0 aliphatic rings. The highest BCUT2D eigenvalue weighted by Crippen LogP contribution is 2.46. The highest BCUT2D eigenvalue weighted by Gasteiger charge is 2.76. The van der Waals surface area contributed by atoms with E-state index in [2.05, 4.69) is 10.5 Å². The van der Waals surface area contributed by atoms with Crippen LogP contribution < -0.4 is 10.7 Å². The summed E-state index contributed by atoms with van der Waals surface area (Å²) in [5, 5.41) is 15.0. The van der Waals surface area contributed by atoms with E-state index in [1.54, 1.807) is 18.2 Å². The summed E-state index contributed by atoms with van der Waals surface area (Å²) in [6, 6.07) is 12.3. The van der Waals surface area contributed by atoms with Gasteiger partial charge in [-0.25, -0.2) is 5.43 Å².